The highest BCUT2D eigenvalue weighted by molar-refractivity contribution is 5.68. The van der Waals surface area contributed by atoms with Crippen molar-refractivity contribution in [2.24, 2.45) is 10.2 Å². The van der Waals surface area contributed by atoms with Gasteiger partial charge in [0.15, 0.2) is 5.69 Å². The first-order valence-corrected chi connectivity index (χ1v) is 12.7. The third-order valence-corrected chi connectivity index (χ3v) is 5.87. The maximum absolute atomic E-state index is 11.4. The molecule has 0 unspecified atom stereocenters. The Kier molecular flexibility index (Phi) is 10.6. The number of hydrogen-bond donors (Lipinski definition) is 3. The molecule has 0 fully saturated rings. The molecule has 0 aromatic heterocycles. The lowest BCUT2D eigenvalue weighted by Crippen LogP contribution is -2.31. The number of nitrogens with one attached hydrogen (secondary N) is 2. The number of benzene rings is 3. The van der Waals surface area contributed by atoms with Crippen LogP contribution in [0.5, 0.6) is 5.75 Å². The van der Waals surface area contributed by atoms with Crippen molar-refractivity contribution in [1.29, 1.82) is 0 Å². The van der Waals surface area contributed by atoms with Gasteiger partial charge in [-0.15, -0.1) is 10.2 Å². The van der Waals surface area contributed by atoms with Crippen molar-refractivity contribution in [1.82, 2.24) is 0 Å². The van der Waals surface area contributed by atoms with Crippen LogP contribution in [-0.4, -0.2) is 49.5 Å². The Labute approximate surface area is 228 Å². The number of rotatable bonds is 14. The number of methoxy groups -OCH3 is 1. The molecule has 0 aliphatic rings. The van der Waals surface area contributed by atoms with Crippen molar-refractivity contribution < 1.29 is 19.5 Å². The third kappa shape index (κ3) is 8.39. The van der Waals surface area contributed by atoms with E-state index in [9.17, 15) is 15.2 Å². The molecule has 3 N–H and O–H groups in total. The fraction of sp³-hybridized carbons (Fsp3) is 0.357. The molecular weight excluding hydrogens is 500 g/mol. The zero-order valence-corrected chi connectivity index (χ0v) is 23.0. The van der Waals surface area contributed by atoms with Gasteiger partial charge in [-0.3, -0.25) is 15.5 Å². The second-order valence-corrected chi connectivity index (χ2v) is 9.22. The lowest BCUT2D eigenvalue weighted by Gasteiger charge is -2.24. The molecule has 0 saturated carbocycles. The Bertz CT molecular complexity index is 1280. The highest BCUT2D eigenvalue weighted by Gasteiger charge is 2.14. The maximum Gasteiger partial charge on any atom is 0.296 e. The summed E-state index contributed by atoms with van der Waals surface area (Å²) >= 11 is 0. The molecule has 3 aromatic rings. The maximum atomic E-state index is 11.4. The quantitative estimate of drug-likeness (QED) is 0.124. The third-order valence-electron chi connectivity index (χ3n) is 5.87. The van der Waals surface area contributed by atoms with Crippen molar-refractivity contribution in [3.05, 3.63) is 75.8 Å². The number of aliphatic hydroxyl groups excluding tert-OH is 1. The molecule has 0 bridgehead atoms. The van der Waals surface area contributed by atoms with Gasteiger partial charge in [-0.25, -0.2) is 0 Å². The Morgan fingerprint density at radius 1 is 1.00 bits per heavy atom. The van der Waals surface area contributed by atoms with Crippen LogP contribution in [0, 0.1) is 24.0 Å². The fourth-order valence-electron chi connectivity index (χ4n) is 3.81. The van der Waals surface area contributed by atoms with Crippen LogP contribution in [0.25, 0.3) is 0 Å². The normalized spacial score (nSPS) is 11.2. The summed E-state index contributed by atoms with van der Waals surface area (Å²) in [7, 11) is 1.55. The Hall–Kier alpha value is -4.22. The van der Waals surface area contributed by atoms with E-state index in [1.54, 1.807) is 32.2 Å². The van der Waals surface area contributed by atoms with E-state index in [0.29, 0.717) is 36.8 Å². The monoisotopic (exact) mass is 536 g/mol. The number of nitro benzene ring substituents is 1. The van der Waals surface area contributed by atoms with Gasteiger partial charge in [0, 0.05) is 30.9 Å². The molecule has 0 atom stereocenters. The van der Waals surface area contributed by atoms with Crippen LogP contribution in [0.3, 0.4) is 0 Å². The van der Waals surface area contributed by atoms with Gasteiger partial charge in [0.1, 0.15) is 5.75 Å². The van der Waals surface area contributed by atoms with Crippen molar-refractivity contribution in [3.8, 4) is 5.75 Å². The fourth-order valence-corrected chi connectivity index (χ4v) is 3.81. The topological polar surface area (TPSA) is 134 Å². The molecular formula is C28H36N6O5. The summed E-state index contributed by atoms with van der Waals surface area (Å²) in [5.74, 6) is 0.524. The number of anilines is 3. The molecule has 0 saturated heterocycles. The van der Waals surface area contributed by atoms with Gasteiger partial charge in [0.25, 0.3) is 5.69 Å². The van der Waals surface area contributed by atoms with Gasteiger partial charge >= 0.3 is 0 Å². The SMILES string of the molecule is COc1cc(N=Nc2ccc(C)cc2[N+](=O)[O-])c(C)cc1NNc1ccc(N(CCO)CCOC(C)C)cc1. The summed E-state index contributed by atoms with van der Waals surface area (Å²) in [6, 6.07) is 16.2. The number of nitrogens with zero attached hydrogens (tertiary/aromatic N) is 4. The van der Waals surface area contributed by atoms with Gasteiger partial charge in [-0.05, 0) is 75.2 Å². The Morgan fingerprint density at radius 2 is 1.72 bits per heavy atom. The van der Waals surface area contributed by atoms with E-state index in [1.165, 1.54) is 6.07 Å². The largest absolute Gasteiger partial charge is 0.494 e. The van der Waals surface area contributed by atoms with E-state index in [4.69, 9.17) is 9.47 Å². The molecule has 0 spiro atoms. The number of hydrazine groups is 1. The van der Waals surface area contributed by atoms with E-state index in [1.807, 2.05) is 51.1 Å². The number of ether oxygens (including phenoxy) is 2. The predicted octanol–water partition coefficient (Wildman–Crippen LogP) is 6.30. The molecule has 0 aliphatic heterocycles. The standard InChI is InChI=1S/C28H36N6O5/c1-19(2)39-15-13-33(12-14-35)23-9-7-22(8-10-23)29-32-26-17-21(4)25(18-28(26)38-5)31-30-24-11-6-20(3)16-27(24)34(36)37/h6-11,16-19,29,32,35H,12-15H2,1-5H3. The Balaban J connectivity index is 1.70. The first-order valence-electron chi connectivity index (χ1n) is 12.7. The van der Waals surface area contributed by atoms with Crippen LogP contribution >= 0.6 is 0 Å². The summed E-state index contributed by atoms with van der Waals surface area (Å²) in [5, 5.41) is 29.2. The molecule has 208 valence electrons. The molecule has 0 radical (unpaired) electrons. The second kappa shape index (κ2) is 14.1. The predicted molar refractivity (Wildman–Crippen MR) is 154 cm³/mol. The van der Waals surface area contributed by atoms with Crippen LogP contribution in [0.1, 0.15) is 25.0 Å². The minimum atomic E-state index is -0.467. The van der Waals surface area contributed by atoms with Gasteiger partial charge in [0.05, 0.1) is 48.4 Å². The Morgan fingerprint density at radius 3 is 2.36 bits per heavy atom. The number of azo groups is 1. The van der Waals surface area contributed by atoms with Crippen LogP contribution in [-0.2, 0) is 4.74 Å². The van der Waals surface area contributed by atoms with Crippen LogP contribution < -0.4 is 20.5 Å². The van der Waals surface area contributed by atoms with E-state index in [0.717, 1.165) is 22.5 Å². The molecule has 0 heterocycles. The van der Waals surface area contributed by atoms with E-state index in [2.05, 4.69) is 26.0 Å². The second-order valence-electron chi connectivity index (χ2n) is 9.22. The van der Waals surface area contributed by atoms with E-state index >= 15 is 0 Å². The first kappa shape index (κ1) is 29.3. The average Bonchev–Trinajstić information content (AvgIpc) is 2.91. The summed E-state index contributed by atoms with van der Waals surface area (Å²) in [6.07, 6.45) is 0.158. The summed E-state index contributed by atoms with van der Waals surface area (Å²) in [4.78, 5) is 13.0. The van der Waals surface area contributed by atoms with Gasteiger partial charge < -0.3 is 24.9 Å². The van der Waals surface area contributed by atoms with E-state index < -0.39 is 4.92 Å². The van der Waals surface area contributed by atoms with Gasteiger partial charge in [-0.1, -0.05) is 6.07 Å². The molecule has 39 heavy (non-hydrogen) atoms. The minimum Gasteiger partial charge on any atom is -0.494 e. The number of aliphatic hydroxyl groups is 1. The zero-order chi connectivity index (χ0) is 28.4. The van der Waals surface area contributed by atoms with Crippen LogP contribution in [0.2, 0.25) is 0 Å². The summed E-state index contributed by atoms with van der Waals surface area (Å²) in [5.41, 5.74) is 11.0. The average molecular weight is 537 g/mol. The molecule has 11 nitrogen and oxygen atoms in total. The van der Waals surface area contributed by atoms with Crippen molar-refractivity contribution in [2.75, 3.05) is 49.2 Å². The van der Waals surface area contributed by atoms with Gasteiger partial charge in [-0.2, -0.15) is 0 Å². The van der Waals surface area contributed by atoms with E-state index in [-0.39, 0.29) is 24.1 Å². The summed E-state index contributed by atoms with van der Waals surface area (Å²) in [6.45, 7) is 9.49. The highest BCUT2D eigenvalue weighted by atomic mass is 16.6. The number of aryl methyl sites for hydroxylation is 2. The first-order chi connectivity index (χ1) is 18.7. The zero-order valence-electron chi connectivity index (χ0n) is 23.0. The van der Waals surface area contributed by atoms with Crippen molar-refractivity contribution >= 4 is 34.1 Å². The smallest absolute Gasteiger partial charge is 0.296 e. The summed E-state index contributed by atoms with van der Waals surface area (Å²) < 4.78 is 11.2. The van der Waals surface area contributed by atoms with Crippen LogP contribution in [0.4, 0.5) is 34.1 Å². The van der Waals surface area contributed by atoms with Gasteiger partial charge in [0.2, 0.25) is 0 Å². The molecule has 3 rings (SSSR count). The van der Waals surface area contributed by atoms with Crippen molar-refractivity contribution in [2.45, 2.75) is 33.8 Å². The molecule has 3 aromatic carbocycles. The van der Waals surface area contributed by atoms with Crippen LogP contribution in [0.15, 0.2) is 64.8 Å². The minimum absolute atomic E-state index is 0.0554. The number of nitro groups is 1. The lowest BCUT2D eigenvalue weighted by atomic mass is 10.1. The molecule has 11 heteroatoms. The van der Waals surface area contributed by atoms with Crippen molar-refractivity contribution in [3.63, 3.8) is 0 Å². The highest BCUT2D eigenvalue weighted by Crippen LogP contribution is 2.35. The molecule has 0 amide bonds. The number of hydrogen-bond acceptors (Lipinski definition) is 10. The lowest BCUT2D eigenvalue weighted by molar-refractivity contribution is -0.384. The molecule has 0 aliphatic carbocycles.